The third kappa shape index (κ3) is 2.79. The molecule has 0 fully saturated rings. The van der Waals surface area contributed by atoms with Crippen molar-refractivity contribution < 1.29 is 4.74 Å². The Hall–Kier alpha value is -0.610. The first-order valence-electron chi connectivity index (χ1n) is 3.71. The molecule has 66 valence electrons. The molecule has 0 unspecified atom stereocenters. The van der Waals surface area contributed by atoms with Crippen LogP contribution in [-0.4, -0.2) is 25.2 Å². The van der Waals surface area contributed by atoms with Gasteiger partial charge in [0.2, 0.25) is 0 Å². The van der Waals surface area contributed by atoms with Crippen molar-refractivity contribution in [3.8, 4) is 5.75 Å². The molecule has 1 heterocycles. The fourth-order valence-corrected chi connectivity index (χ4v) is 1.11. The van der Waals surface area contributed by atoms with E-state index < -0.39 is 0 Å². The Balaban J connectivity index is 2.46. The van der Waals surface area contributed by atoms with Crippen molar-refractivity contribution >= 4 is 15.9 Å². The second-order valence-electron chi connectivity index (χ2n) is 2.26. The average molecular weight is 231 g/mol. The summed E-state index contributed by atoms with van der Waals surface area (Å²) in [6, 6.07) is 1.83. The molecule has 0 amide bonds. The maximum Gasteiger partial charge on any atom is 0.136 e. The van der Waals surface area contributed by atoms with Gasteiger partial charge in [0.15, 0.2) is 0 Å². The number of hydrogen-bond acceptors (Lipinski definition) is 3. The number of likely N-dealkylation sites (N-methyl/N-ethyl adjacent to an activating group) is 1. The van der Waals surface area contributed by atoms with Crippen LogP contribution in [0.1, 0.15) is 0 Å². The Morgan fingerprint density at radius 2 is 2.50 bits per heavy atom. The van der Waals surface area contributed by atoms with Crippen LogP contribution in [0.15, 0.2) is 22.9 Å². The minimum atomic E-state index is 0.666. The number of ether oxygens (including phenoxy) is 1. The lowest BCUT2D eigenvalue weighted by molar-refractivity contribution is 0.316. The molecule has 4 heteroatoms. The fourth-order valence-electron chi connectivity index (χ4n) is 0.743. The van der Waals surface area contributed by atoms with Crippen molar-refractivity contribution in [2.75, 3.05) is 20.2 Å². The minimum absolute atomic E-state index is 0.666. The van der Waals surface area contributed by atoms with Crippen LogP contribution in [0, 0.1) is 0 Å². The first kappa shape index (κ1) is 9.48. The van der Waals surface area contributed by atoms with E-state index in [1.54, 1.807) is 12.4 Å². The molecule has 1 N–H and O–H groups in total. The van der Waals surface area contributed by atoms with Crippen LogP contribution in [0.4, 0.5) is 0 Å². The number of rotatable bonds is 4. The van der Waals surface area contributed by atoms with Crippen molar-refractivity contribution in [2.24, 2.45) is 0 Å². The second-order valence-corrected chi connectivity index (χ2v) is 3.11. The predicted molar refractivity (Wildman–Crippen MR) is 51.4 cm³/mol. The van der Waals surface area contributed by atoms with Crippen molar-refractivity contribution in [2.45, 2.75) is 0 Å². The zero-order valence-corrected chi connectivity index (χ0v) is 8.47. The molecule has 0 bridgehead atoms. The van der Waals surface area contributed by atoms with Gasteiger partial charge in [-0.25, -0.2) is 0 Å². The molecule has 1 aromatic rings. The first-order valence-corrected chi connectivity index (χ1v) is 4.51. The Kier molecular flexibility index (Phi) is 4.04. The first-order chi connectivity index (χ1) is 5.84. The molecule has 0 aromatic carbocycles. The highest BCUT2D eigenvalue weighted by Crippen LogP contribution is 2.22. The molecule has 0 saturated carbocycles. The van der Waals surface area contributed by atoms with E-state index >= 15 is 0 Å². The second kappa shape index (κ2) is 5.11. The Labute approximate surface area is 80.3 Å². The van der Waals surface area contributed by atoms with E-state index in [4.69, 9.17) is 4.74 Å². The normalized spacial score (nSPS) is 9.83. The van der Waals surface area contributed by atoms with Crippen LogP contribution >= 0.6 is 15.9 Å². The van der Waals surface area contributed by atoms with Gasteiger partial charge in [0.25, 0.3) is 0 Å². The maximum absolute atomic E-state index is 5.43. The van der Waals surface area contributed by atoms with Crippen LogP contribution in [0.3, 0.4) is 0 Å². The van der Waals surface area contributed by atoms with Gasteiger partial charge < -0.3 is 10.1 Å². The summed E-state index contributed by atoms with van der Waals surface area (Å²) < 4.78 is 6.32. The van der Waals surface area contributed by atoms with E-state index in [2.05, 4.69) is 26.2 Å². The molecule has 0 atom stereocenters. The van der Waals surface area contributed by atoms with Crippen LogP contribution in [0.2, 0.25) is 0 Å². The van der Waals surface area contributed by atoms with Gasteiger partial charge in [-0.15, -0.1) is 0 Å². The maximum atomic E-state index is 5.43. The lowest BCUT2D eigenvalue weighted by Gasteiger charge is -2.06. The summed E-state index contributed by atoms with van der Waals surface area (Å²) in [6.45, 7) is 1.51. The Morgan fingerprint density at radius 1 is 1.67 bits per heavy atom. The highest BCUT2D eigenvalue weighted by atomic mass is 79.9. The van der Waals surface area contributed by atoms with Crippen LogP contribution in [0.5, 0.6) is 5.75 Å². The van der Waals surface area contributed by atoms with E-state index in [-0.39, 0.29) is 0 Å². The van der Waals surface area contributed by atoms with Gasteiger partial charge in [-0.05, 0) is 29.0 Å². The van der Waals surface area contributed by atoms with Gasteiger partial charge in [0, 0.05) is 18.9 Å². The monoisotopic (exact) mass is 230 g/mol. The Morgan fingerprint density at radius 3 is 3.17 bits per heavy atom. The minimum Gasteiger partial charge on any atom is -0.491 e. The van der Waals surface area contributed by atoms with E-state index in [9.17, 15) is 0 Å². The number of pyridine rings is 1. The van der Waals surface area contributed by atoms with Crippen molar-refractivity contribution in [1.82, 2.24) is 10.3 Å². The predicted octanol–water partition coefficient (Wildman–Crippen LogP) is 1.44. The highest BCUT2D eigenvalue weighted by molar-refractivity contribution is 9.10. The van der Waals surface area contributed by atoms with Gasteiger partial charge in [-0.2, -0.15) is 0 Å². The van der Waals surface area contributed by atoms with E-state index in [1.807, 2.05) is 13.1 Å². The van der Waals surface area contributed by atoms with Gasteiger partial charge in [-0.1, -0.05) is 0 Å². The van der Waals surface area contributed by atoms with Gasteiger partial charge in [0.1, 0.15) is 12.4 Å². The molecule has 0 radical (unpaired) electrons. The van der Waals surface area contributed by atoms with E-state index in [1.165, 1.54) is 0 Å². The molecule has 0 aliphatic carbocycles. The van der Waals surface area contributed by atoms with Crippen molar-refractivity contribution in [3.05, 3.63) is 22.9 Å². The lowest BCUT2D eigenvalue weighted by atomic mass is 10.4. The van der Waals surface area contributed by atoms with E-state index in [0.717, 1.165) is 16.8 Å². The third-order valence-corrected chi connectivity index (χ3v) is 1.94. The average Bonchev–Trinajstić information content (AvgIpc) is 2.09. The lowest BCUT2D eigenvalue weighted by Crippen LogP contribution is -2.16. The molecule has 0 saturated heterocycles. The molecule has 3 nitrogen and oxygen atoms in total. The van der Waals surface area contributed by atoms with Crippen LogP contribution in [-0.2, 0) is 0 Å². The number of nitrogens with one attached hydrogen (secondary N) is 1. The van der Waals surface area contributed by atoms with Crippen LogP contribution in [0.25, 0.3) is 0 Å². The summed E-state index contributed by atoms with van der Waals surface area (Å²) in [7, 11) is 1.89. The summed E-state index contributed by atoms with van der Waals surface area (Å²) in [5.74, 6) is 0.834. The molecule has 12 heavy (non-hydrogen) atoms. The smallest absolute Gasteiger partial charge is 0.136 e. The van der Waals surface area contributed by atoms with E-state index in [0.29, 0.717) is 6.61 Å². The summed E-state index contributed by atoms with van der Waals surface area (Å²) >= 11 is 3.34. The Bertz CT molecular complexity index is 242. The molecule has 1 aromatic heterocycles. The summed E-state index contributed by atoms with van der Waals surface area (Å²) in [5.41, 5.74) is 0. The van der Waals surface area contributed by atoms with Crippen molar-refractivity contribution in [3.63, 3.8) is 0 Å². The summed E-state index contributed by atoms with van der Waals surface area (Å²) in [6.07, 6.45) is 3.42. The number of hydrogen-bond donors (Lipinski definition) is 1. The fraction of sp³-hybridized carbons (Fsp3) is 0.375. The molecule has 0 aliphatic heterocycles. The topological polar surface area (TPSA) is 34.1 Å². The molecule has 0 spiro atoms. The number of nitrogens with zero attached hydrogens (tertiary/aromatic N) is 1. The zero-order valence-electron chi connectivity index (χ0n) is 6.88. The largest absolute Gasteiger partial charge is 0.491 e. The molecular formula is C8H11BrN2O. The third-order valence-electron chi connectivity index (χ3n) is 1.34. The van der Waals surface area contributed by atoms with Gasteiger partial charge >= 0.3 is 0 Å². The number of aromatic nitrogens is 1. The zero-order chi connectivity index (χ0) is 8.81. The van der Waals surface area contributed by atoms with Gasteiger partial charge in [-0.3, -0.25) is 4.98 Å². The number of halogens is 1. The molecular weight excluding hydrogens is 220 g/mol. The SMILES string of the molecule is CNCCOc1ccncc1Br. The molecule has 0 aliphatic rings. The quantitative estimate of drug-likeness (QED) is 0.796. The standard InChI is InChI=1S/C8H11BrN2O/c1-10-4-5-12-8-2-3-11-6-7(8)9/h2-3,6,10H,4-5H2,1H3. The van der Waals surface area contributed by atoms with Crippen molar-refractivity contribution in [1.29, 1.82) is 0 Å². The highest BCUT2D eigenvalue weighted by Gasteiger charge is 1.97. The summed E-state index contributed by atoms with van der Waals surface area (Å²) in [4.78, 5) is 3.93. The summed E-state index contributed by atoms with van der Waals surface area (Å²) in [5, 5.41) is 3.00. The van der Waals surface area contributed by atoms with Gasteiger partial charge in [0.05, 0.1) is 4.47 Å². The van der Waals surface area contributed by atoms with Crippen LogP contribution < -0.4 is 10.1 Å². The molecule has 1 rings (SSSR count).